The summed E-state index contributed by atoms with van der Waals surface area (Å²) in [7, 11) is 2.05. The molecule has 0 aromatic heterocycles. The number of halogens is 1. The van der Waals surface area contributed by atoms with E-state index in [0.29, 0.717) is 0 Å². The summed E-state index contributed by atoms with van der Waals surface area (Å²) in [6, 6.07) is 4.42. The van der Waals surface area contributed by atoms with Crippen molar-refractivity contribution in [3.8, 4) is 0 Å². The quantitative estimate of drug-likeness (QED) is 0.599. The zero-order valence-corrected chi connectivity index (χ0v) is 12.3. The van der Waals surface area contributed by atoms with Crippen LogP contribution in [0.1, 0.15) is 36.8 Å². The molecule has 0 unspecified atom stereocenters. The van der Waals surface area contributed by atoms with Crippen LogP contribution in [0.2, 0.25) is 0 Å². The average molecular weight is 295 g/mol. The van der Waals surface area contributed by atoms with Gasteiger partial charge in [-0.2, -0.15) is 0 Å². The molecule has 3 heteroatoms. The molecule has 1 fully saturated rings. The zero-order chi connectivity index (χ0) is 12.4. The van der Waals surface area contributed by atoms with Crippen molar-refractivity contribution in [1.82, 2.24) is 4.90 Å². The summed E-state index contributed by atoms with van der Waals surface area (Å²) in [5, 5.41) is 0. The lowest BCUT2D eigenvalue weighted by molar-refractivity contribution is 0.552. The first-order valence-corrected chi connectivity index (χ1v) is 6.95. The third-order valence-corrected chi connectivity index (χ3v) is 4.07. The van der Waals surface area contributed by atoms with Gasteiger partial charge in [-0.25, -0.2) is 4.99 Å². The second-order valence-electron chi connectivity index (χ2n) is 4.75. The van der Waals surface area contributed by atoms with Gasteiger partial charge in [0.15, 0.2) is 0 Å². The largest absolute Gasteiger partial charge is 0.366 e. The first-order chi connectivity index (χ1) is 8.11. The molecular formula is C14H19BrN2. The highest BCUT2D eigenvalue weighted by Crippen LogP contribution is 2.45. The molecule has 17 heavy (non-hydrogen) atoms. The molecule has 0 aliphatic heterocycles. The Labute approximate surface area is 112 Å². The fraction of sp³-hybridized carbons (Fsp3) is 0.500. The van der Waals surface area contributed by atoms with Crippen LogP contribution < -0.4 is 0 Å². The molecule has 1 aliphatic rings. The standard InChI is InChI=1S/C14H19BrN2/c1-4-17(3)9-16-14-7-10(2)13(15)8-12(14)11-5-6-11/h7-9,11H,4-6H2,1-3H3. The molecule has 0 bridgehead atoms. The van der Waals surface area contributed by atoms with E-state index in [1.807, 2.05) is 13.4 Å². The van der Waals surface area contributed by atoms with Gasteiger partial charge in [-0.15, -0.1) is 0 Å². The van der Waals surface area contributed by atoms with Crippen LogP contribution >= 0.6 is 15.9 Å². The zero-order valence-electron chi connectivity index (χ0n) is 10.7. The molecule has 0 N–H and O–H groups in total. The number of benzene rings is 1. The van der Waals surface area contributed by atoms with Crippen LogP contribution in [0.15, 0.2) is 21.6 Å². The maximum atomic E-state index is 4.62. The molecule has 92 valence electrons. The van der Waals surface area contributed by atoms with Gasteiger partial charge < -0.3 is 4.90 Å². The van der Waals surface area contributed by atoms with Crippen LogP contribution in [0.5, 0.6) is 0 Å². The SMILES string of the molecule is CCN(C)C=Nc1cc(C)c(Br)cc1C1CC1. The van der Waals surface area contributed by atoms with Gasteiger partial charge in [-0.05, 0) is 55.9 Å². The lowest BCUT2D eigenvalue weighted by Crippen LogP contribution is -2.14. The Morgan fingerprint density at radius 2 is 2.18 bits per heavy atom. The molecule has 1 aromatic carbocycles. The van der Waals surface area contributed by atoms with E-state index < -0.39 is 0 Å². The number of nitrogens with zero attached hydrogens (tertiary/aromatic N) is 2. The van der Waals surface area contributed by atoms with Gasteiger partial charge >= 0.3 is 0 Å². The fourth-order valence-electron chi connectivity index (χ4n) is 1.76. The number of aryl methyl sites for hydroxylation is 1. The Morgan fingerprint density at radius 3 is 2.76 bits per heavy atom. The van der Waals surface area contributed by atoms with Crippen LogP contribution in [-0.2, 0) is 0 Å². The van der Waals surface area contributed by atoms with Gasteiger partial charge in [0.25, 0.3) is 0 Å². The van der Waals surface area contributed by atoms with E-state index >= 15 is 0 Å². The van der Waals surface area contributed by atoms with Crippen LogP contribution in [-0.4, -0.2) is 24.8 Å². The molecule has 2 rings (SSSR count). The Kier molecular flexibility index (Phi) is 3.87. The Balaban J connectivity index is 2.31. The second-order valence-corrected chi connectivity index (χ2v) is 5.61. The van der Waals surface area contributed by atoms with Gasteiger partial charge in [-0.3, -0.25) is 0 Å². The predicted octanol–water partition coefficient (Wildman–Crippen LogP) is 4.25. The van der Waals surface area contributed by atoms with E-state index in [1.165, 1.54) is 28.4 Å². The van der Waals surface area contributed by atoms with Crippen LogP contribution in [0, 0.1) is 6.92 Å². The summed E-state index contributed by atoms with van der Waals surface area (Å²) in [5.41, 5.74) is 3.78. The topological polar surface area (TPSA) is 15.6 Å². The summed E-state index contributed by atoms with van der Waals surface area (Å²) in [6.45, 7) is 5.22. The van der Waals surface area contributed by atoms with Gasteiger partial charge in [0, 0.05) is 18.1 Å². The second kappa shape index (κ2) is 5.21. The number of rotatable bonds is 4. The van der Waals surface area contributed by atoms with E-state index in [-0.39, 0.29) is 0 Å². The Hall–Kier alpha value is -0.830. The van der Waals surface area contributed by atoms with E-state index in [1.54, 1.807) is 0 Å². The lowest BCUT2D eigenvalue weighted by atomic mass is 10.1. The first kappa shape index (κ1) is 12.6. The molecule has 0 spiro atoms. The molecule has 0 radical (unpaired) electrons. The lowest BCUT2D eigenvalue weighted by Gasteiger charge is -2.11. The van der Waals surface area contributed by atoms with Crippen molar-refractivity contribution in [3.63, 3.8) is 0 Å². The van der Waals surface area contributed by atoms with Crippen LogP contribution in [0.3, 0.4) is 0 Å². The minimum absolute atomic E-state index is 0.728. The molecule has 0 amide bonds. The maximum Gasteiger partial charge on any atom is 0.0909 e. The minimum atomic E-state index is 0.728. The summed E-state index contributed by atoms with van der Waals surface area (Å²) in [6.07, 6.45) is 4.54. The molecule has 1 aromatic rings. The van der Waals surface area contributed by atoms with Crippen molar-refractivity contribution in [2.75, 3.05) is 13.6 Å². The van der Waals surface area contributed by atoms with Crippen molar-refractivity contribution in [3.05, 3.63) is 27.7 Å². The Morgan fingerprint density at radius 1 is 1.47 bits per heavy atom. The molecule has 1 saturated carbocycles. The average Bonchev–Trinajstić information content (AvgIpc) is 3.13. The fourth-order valence-corrected chi connectivity index (χ4v) is 2.12. The molecule has 1 aliphatic carbocycles. The first-order valence-electron chi connectivity index (χ1n) is 6.16. The number of hydrogen-bond acceptors (Lipinski definition) is 1. The maximum absolute atomic E-state index is 4.62. The highest BCUT2D eigenvalue weighted by Gasteiger charge is 2.26. The monoisotopic (exact) mass is 294 g/mol. The van der Waals surface area contributed by atoms with E-state index in [0.717, 1.165) is 18.2 Å². The molecular weight excluding hydrogens is 276 g/mol. The smallest absolute Gasteiger partial charge is 0.0909 e. The van der Waals surface area contributed by atoms with Gasteiger partial charge in [0.05, 0.1) is 12.0 Å². The van der Waals surface area contributed by atoms with Crippen molar-refractivity contribution in [2.45, 2.75) is 32.6 Å². The van der Waals surface area contributed by atoms with Crippen molar-refractivity contribution < 1.29 is 0 Å². The summed E-state index contributed by atoms with van der Waals surface area (Å²) >= 11 is 3.61. The number of hydrogen-bond donors (Lipinski definition) is 0. The van der Waals surface area contributed by atoms with E-state index in [4.69, 9.17) is 0 Å². The predicted molar refractivity (Wildman–Crippen MR) is 77.3 cm³/mol. The summed E-state index contributed by atoms with van der Waals surface area (Å²) in [5.74, 6) is 0.728. The molecule has 2 nitrogen and oxygen atoms in total. The highest BCUT2D eigenvalue weighted by molar-refractivity contribution is 9.10. The number of aliphatic imine (C=N–C) groups is 1. The van der Waals surface area contributed by atoms with E-state index in [9.17, 15) is 0 Å². The van der Waals surface area contributed by atoms with Gasteiger partial charge in [0.1, 0.15) is 0 Å². The van der Waals surface area contributed by atoms with Gasteiger partial charge in [0.2, 0.25) is 0 Å². The van der Waals surface area contributed by atoms with Crippen molar-refractivity contribution in [1.29, 1.82) is 0 Å². The molecule has 0 saturated heterocycles. The van der Waals surface area contributed by atoms with Crippen molar-refractivity contribution >= 4 is 28.0 Å². The van der Waals surface area contributed by atoms with Crippen LogP contribution in [0.4, 0.5) is 5.69 Å². The van der Waals surface area contributed by atoms with Crippen LogP contribution in [0.25, 0.3) is 0 Å². The van der Waals surface area contributed by atoms with E-state index in [2.05, 4.69) is 51.8 Å². The molecule has 0 heterocycles. The Bertz CT molecular complexity index is 436. The normalized spacial score (nSPS) is 15.5. The van der Waals surface area contributed by atoms with Gasteiger partial charge in [-0.1, -0.05) is 15.9 Å². The third-order valence-electron chi connectivity index (χ3n) is 3.22. The summed E-state index contributed by atoms with van der Waals surface area (Å²) in [4.78, 5) is 6.71. The highest BCUT2D eigenvalue weighted by atomic mass is 79.9. The third kappa shape index (κ3) is 3.09. The summed E-state index contributed by atoms with van der Waals surface area (Å²) < 4.78 is 1.20. The minimum Gasteiger partial charge on any atom is -0.366 e. The van der Waals surface area contributed by atoms with Crippen molar-refractivity contribution in [2.24, 2.45) is 4.99 Å². The molecule has 0 atom stereocenters.